The third kappa shape index (κ3) is 4.38. The summed E-state index contributed by atoms with van der Waals surface area (Å²) >= 11 is 0. The molecule has 0 spiro atoms. The van der Waals surface area contributed by atoms with Crippen molar-refractivity contribution in [1.29, 1.82) is 0 Å². The molecule has 0 saturated heterocycles. The first-order valence-electron chi connectivity index (χ1n) is 14.1. The number of para-hydroxylation sites is 1. The Labute approximate surface area is 236 Å². The zero-order chi connectivity index (χ0) is 28.8. The maximum absolute atomic E-state index is 14.6. The molecule has 2 aromatic rings. The predicted octanol–water partition coefficient (Wildman–Crippen LogP) is 4.18. The number of amides is 1. The number of likely N-dealkylation sites (N-methyl/N-ethyl adjacent to an activating group) is 1. The number of carbonyl (C=O) groups is 3. The molecule has 4 atom stereocenters. The number of ketones is 2. The van der Waals surface area contributed by atoms with E-state index in [1.54, 1.807) is 43.4 Å². The van der Waals surface area contributed by atoms with Crippen LogP contribution in [0.1, 0.15) is 63.0 Å². The summed E-state index contributed by atoms with van der Waals surface area (Å²) in [5, 5.41) is 0. The van der Waals surface area contributed by atoms with E-state index >= 15 is 0 Å². The molecule has 2 fully saturated rings. The Kier molecular flexibility index (Phi) is 7.65. The van der Waals surface area contributed by atoms with Gasteiger partial charge >= 0.3 is 0 Å². The molecular weight excluding hydrogens is 528 g/mol. The number of methoxy groups -OCH3 is 1. The summed E-state index contributed by atoms with van der Waals surface area (Å²) < 4.78 is 35.4. The van der Waals surface area contributed by atoms with Crippen molar-refractivity contribution in [3.63, 3.8) is 0 Å². The van der Waals surface area contributed by atoms with Crippen LogP contribution in [0.3, 0.4) is 0 Å². The van der Waals surface area contributed by atoms with Crippen molar-refractivity contribution in [2.24, 2.45) is 5.92 Å². The highest BCUT2D eigenvalue weighted by Gasteiger charge is 2.67. The van der Waals surface area contributed by atoms with Gasteiger partial charge in [-0.3, -0.25) is 18.7 Å². The first-order chi connectivity index (χ1) is 19.0. The number of Topliss-reactive ketones (excluding diaryl/α,β-unsaturated/α-hetero) is 2. The van der Waals surface area contributed by atoms with Gasteiger partial charge in [0.05, 0.1) is 22.7 Å². The van der Waals surface area contributed by atoms with Crippen LogP contribution in [0.5, 0.6) is 0 Å². The van der Waals surface area contributed by atoms with Crippen LogP contribution in [0.2, 0.25) is 0 Å². The van der Waals surface area contributed by atoms with Crippen LogP contribution in [0.25, 0.3) is 0 Å². The summed E-state index contributed by atoms with van der Waals surface area (Å²) in [7, 11) is -1.13. The minimum Gasteiger partial charge on any atom is -0.379 e. The van der Waals surface area contributed by atoms with Gasteiger partial charge in [-0.25, -0.2) is 8.42 Å². The van der Waals surface area contributed by atoms with E-state index in [2.05, 4.69) is 0 Å². The second-order valence-electron chi connectivity index (χ2n) is 11.6. The second kappa shape index (κ2) is 10.7. The van der Waals surface area contributed by atoms with Gasteiger partial charge in [-0.05, 0) is 56.4 Å². The molecule has 0 bridgehead atoms. The lowest BCUT2D eigenvalue weighted by Gasteiger charge is -2.45. The molecule has 1 unspecified atom stereocenters. The lowest BCUT2D eigenvalue weighted by molar-refractivity contribution is -0.154. The molecule has 2 aromatic carbocycles. The molecule has 0 aromatic heterocycles. The number of fused-ring (bicyclic) bond motifs is 3. The quantitative estimate of drug-likeness (QED) is 0.466. The van der Waals surface area contributed by atoms with E-state index < -0.39 is 39.3 Å². The van der Waals surface area contributed by atoms with Crippen LogP contribution in [0.4, 0.5) is 5.69 Å². The number of ether oxygens (including phenoxy) is 1. The van der Waals surface area contributed by atoms with Crippen LogP contribution in [0, 0.1) is 12.8 Å². The Hall–Kier alpha value is -3.04. The molecule has 5 rings (SSSR count). The van der Waals surface area contributed by atoms with Gasteiger partial charge in [0.25, 0.3) is 15.9 Å². The van der Waals surface area contributed by atoms with Gasteiger partial charge in [-0.1, -0.05) is 55.2 Å². The van der Waals surface area contributed by atoms with E-state index in [-0.39, 0.29) is 29.6 Å². The summed E-state index contributed by atoms with van der Waals surface area (Å²) in [5.74, 6) is -1.32. The van der Waals surface area contributed by atoms with Crippen LogP contribution >= 0.6 is 0 Å². The number of sulfonamides is 1. The normalized spacial score (nSPS) is 25.7. The average molecular weight is 567 g/mol. The Morgan fingerprint density at radius 2 is 1.68 bits per heavy atom. The number of nitrogens with zero attached hydrogens (tertiary/aromatic N) is 2. The number of anilines is 1. The molecule has 0 N–H and O–H groups in total. The smallest absolute Gasteiger partial charge is 0.291 e. The highest BCUT2D eigenvalue weighted by atomic mass is 32.2. The maximum Gasteiger partial charge on any atom is 0.291 e. The molecule has 9 heteroatoms. The summed E-state index contributed by atoms with van der Waals surface area (Å²) in [6.07, 6.45) is 4.11. The predicted molar refractivity (Wildman–Crippen MR) is 152 cm³/mol. The lowest BCUT2D eigenvalue weighted by Crippen LogP contribution is -2.65. The fourth-order valence-electron chi connectivity index (χ4n) is 7.11. The second-order valence-corrected chi connectivity index (χ2v) is 13.4. The van der Waals surface area contributed by atoms with E-state index in [1.165, 1.54) is 34.9 Å². The van der Waals surface area contributed by atoms with E-state index in [0.29, 0.717) is 17.2 Å². The third-order valence-corrected chi connectivity index (χ3v) is 11.3. The summed E-state index contributed by atoms with van der Waals surface area (Å²) in [6, 6.07) is 12.0. The van der Waals surface area contributed by atoms with Gasteiger partial charge in [0.2, 0.25) is 5.78 Å². The SMILES string of the molecule is COC1CC(=O)C[C@@H]2N(S(=O)(=O)c3ccc(C)cc3)c3ccccc3[C@]12C(=O)C(=O)N(C)[C@H](C)C1CCCCC1. The van der Waals surface area contributed by atoms with E-state index in [0.717, 1.165) is 31.2 Å². The first-order valence-corrected chi connectivity index (χ1v) is 15.6. The summed E-state index contributed by atoms with van der Waals surface area (Å²) in [4.78, 5) is 43.3. The highest BCUT2D eigenvalue weighted by Crippen LogP contribution is 2.55. The van der Waals surface area contributed by atoms with Gasteiger partial charge < -0.3 is 9.64 Å². The first kappa shape index (κ1) is 28.5. The van der Waals surface area contributed by atoms with Crippen molar-refractivity contribution in [3.8, 4) is 0 Å². The molecule has 1 heterocycles. The molecule has 8 nitrogen and oxygen atoms in total. The number of aryl methyl sites for hydroxylation is 1. The lowest BCUT2D eigenvalue weighted by atomic mass is 9.62. The zero-order valence-corrected chi connectivity index (χ0v) is 24.4. The minimum absolute atomic E-state index is 0.0532. The number of rotatable bonds is 7. The molecule has 2 aliphatic carbocycles. The fourth-order valence-corrected chi connectivity index (χ4v) is 8.81. The molecule has 2 saturated carbocycles. The molecule has 0 radical (unpaired) electrons. The molecule has 214 valence electrons. The maximum atomic E-state index is 14.6. The van der Waals surface area contributed by atoms with E-state index in [9.17, 15) is 22.8 Å². The molecule has 1 aliphatic heterocycles. The number of hydrogen-bond acceptors (Lipinski definition) is 6. The number of hydrogen-bond donors (Lipinski definition) is 0. The number of benzene rings is 2. The molecule has 40 heavy (non-hydrogen) atoms. The van der Waals surface area contributed by atoms with Gasteiger partial charge in [0, 0.05) is 33.0 Å². The Morgan fingerprint density at radius 3 is 2.33 bits per heavy atom. The average Bonchev–Trinajstić information content (AvgIpc) is 3.27. The summed E-state index contributed by atoms with van der Waals surface area (Å²) in [5.41, 5.74) is -0.0476. The van der Waals surface area contributed by atoms with Crippen molar-refractivity contribution >= 4 is 33.2 Å². The van der Waals surface area contributed by atoms with Crippen molar-refractivity contribution in [1.82, 2.24) is 4.90 Å². The van der Waals surface area contributed by atoms with E-state index in [4.69, 9.17) is 4.74 Å². The van der Waals surface area contributed by atoms with Crippen molar-refractivity contribution in [2.75, 3.05) is 18.5 Å². The van der Waals surface area contributed by atoms with E-state index in [1.807, 2.05) is 13.8 Å². The Morgan fingerprint density at radius 1 is 1.02 bits per heavy atom. The van der Waals surface area contributed by atoms with Gasteiger partial charge in [-0.2, -0.15) is 0 Å². The molecule has 3 aliphatic rings. The van der Waals surface area contributed by atoms with Crippen LogP contribution in [-0.4, -0.2) is 63.1 Å². The van der Waals surface area contributed by atoms with Gasteiger partial charge in [0.15, 0.2) is 0 Å². The highest BCUT2D eigenvalue weighted by molar-refractivity contribution is 7.93. The van der Waals surface area contributed by atoms with Crippen LogP contribution in [0.15, 0.2) is 53.4 Å². The van der Waals surface area contributed by atoms with Gasteiger partial charge in [-0.15, -0.1) is 0 Å². The Balaban J connectivity index is 1.64. The van der Waals surface area contributed by atoms with Crippen LogP contribution in [-0.2, 0) is 34.6 Å². The number of carbonyl (C=O) groups excluding carboxylic acids is 3. The largest absolute Gasteiger partial charge is 0.379 e. The molecule has 1 amide bonds. The Bertz CT molecular complexity index is 1420. The minimum atomic E-state index is -4.20. The monoisotopic (exact) mass is 566 g/mol. The fraction of sp³-hybridized carbons (Fsp3) is 0.516. The van der Waals surface area contributed by atoms with Crippen molar-refractivity contribution in [2.45, 2.75) is 87.3 Å². The molecular formula is C31H38N2O6S. The van der Waals surface area contributed by atoms with Crippen molar-refractivity contribution in [3.05, 3.63) is 59.7 Å². The van der Waals surface area contributed by atoms with Gasteiger partial charge in [0.1, 0.15) is 11.2 Å². The van der Waals surface area contributed by atoms with Crippen LogP contribution < -0.4 is 4.31 Å². The summed E-state index contributed by atoms with van der Waals surface area (Å²) in [6.45, 7) is 3.84. The standard InChI is InChI=1S/C31H38N2O6S/c1-20-14-16-24(17-15-20)40(37,38)33-26-13-9-8-12-25(26)31(27(33)18-23(34)19-28(31)39-4)29(35)30(36)32(3)21(2)22-10-6-5-7-11-22/h8-9,12-17,21-22,27-28H,5-7,10-11,18-19H2,1-4H3/t21-,27+,28?,31-/m1/s1. The zero-order valence-electron chi connectivity index (χ0n) is 23.6. The third-order valence-electron chi connectivity index (χ3n) is 9.43. The topological polar surface area (TPSA) is 101 Å². The van der Waals surface area contributed by atoms with Crippen molar-refractivity contribution < 1.29 is 27.5 Å².